The number of benzene rings is 2. The predicted molar refractivity (Wildman–Crippen MR) is 106 cm³/mol. The van der Waals surface area contributed by atoms with E-state index in [0.717, 1.165) is 10.0 Å². The minimum Gasteiger partial charge on any atom is -0.496 e. The summed E-state index contributed by atoms with van der Waals surface area (Å²) in [5.41, 5.74) is 2.00. The molecule has 0 aliphatic carbocycles. The van der Waals surface area contributed by atoms with Gasteiger partial charge in [0.15, 0.2) is 0 Å². The number of carbonyl (C=O) groups is 2. The highest BCUT2D eigenvalue weighted by atomic mass is 79.9. The molecule has 0 unspecified atom stereocenters. The topological polar surface area (TPSA) is 79.5 Å². The van der Waals surface area contributed by atoms with Crippen LogP contribution in [0.5, 0.6) is 5.75 Å². The van der Waals surface area contributed by atoms with Crippen LogP contribution < -0.4 is 20.7 Å². The Bertz CT molecular complexity index is 776. The zero-order valence-corrected chi connectivity index (χ0v) is 16.5. The minimum atomic E-state index is -0.279. The first-order valence-corrected chi connectivity index (χ1v) is 8.96. The fourth-order valence-corrected chi connectivity index (χ4v) is 2.71. The molecule has 0 saturated carbocycles. The van der Waals surface area contributed by atoms with Crippen molar-refractivity contribution in [2.45, 2.75) is 26.4 Å². The molecule has 0 bridgehead atoms. The van der Waals surface area contributed by atoms with Gasteiger partial charge in [0.25, 0.3) is 5.91 Å². The third-order valence-electron chi connectivity index (χ3n) is 3.51. The zero-order valence-electron chi connectivity index (χ0n) is 14.9. The Kier molecular flexibility index (Phi) is 7.03. The van der Waals surface area contributed by atoms with Gasteiger partial charge in [0.05, 0.1) is 7.11 Å². The van der Waals surface area contributed by atoms with E-state index in [2.05, 4.69) is 31.9 Å². The fourth-order valence-electron chi connectivity index (χ4n) is 2.30. The second-order valence-electron chi connectivity index (χ2n) is 5.97. The van der Waals surface area contributed by atoms with Crippen LogP contribution in [0.15, 0.2) is 46.9 Å². The molecule has 6 nitrogen and oxygen atoms in total. The summed E-state index contributed by atoms with van der Waals surface area (Å²) in [5.74, 6) is 0.509. The molecular weight excluding hydrogens is 398 g/mol. The number of urea groups is 1. The molecule has 0 saturated heterocycles. The van der Waals surface area contributed by atoms with Crippen molar-refractivity contribution < 1.29 is 14.3 Å². The number of hydrogen-bond acceptors (Lipinski definition) is 3. The van der Waals surface area contributed by atoms with Crippen molar-refractivity contribution in [1.82, 2.24) is 10.6 Å². The van der Waals surface area contributed by atoms with Crippen LogP contribution in [0.2, 0.25) is 0 Å². The van der Waals surface area contributed by atoms with Gasteiger partial charge in [0.2, 0.25) is 0 Å². The standard InChI is InChI=1S/C19H22BrN3O3/c1-12(2)22-19(25)23-16-7-4-13(5-8-16)18(24)21-11-14-10-15(20)6-9-17(14)26-3/h4-10,12H,11H2,1-3H3,(H,21,24)(H2,22,23,25). The van der Waals surface area contributed by atoms with E-state index in [1.165, 1.54) is 0 Å². The highest BCUT2D eigenvalue weighted by molar-refractivity contribution is 9.10. The van der Waals surface area contributed by atoms with Crippen molar-refractivity contribution in [3.8, 4) is 5.75 Å². The third kappa shape index (κ3) is 5.77. The van der Waals surface area contributed by atoms with Crippen LogP contribution in [0, 0.1) is 0 Å². The second kappa shape index (κ2) is 9.24. The molecular formula is C19H22BrN3O3. The average molecular weight is 420 g/mol. The summed E-state index contributed by atoms with van der Waals surface area (Å²) in [6.45, 7) is 4.11. The summed E-state index contributed by atoms with van der Waals surface area (Å²) >= 11 is 3.41. The third-order valence-corrected chi connectivity index (χ3v) is 4.00. The molecule has 0 aliphatic rings. The van der Waals surface area contributed by atoms with Gasteiger partial charge in [-0.15, -0.1) is 0 Å². The van der Waals surface area contributed by atoms with Crippen molar-refractivity contribution in [3.63, 3.8) is 0 Å². The van der Waals surface area contributed by atoms with Crippen molar-refractivity contribution >= 4 is 33.6 Å². The van der Waals surface area contributed by atoms with E-state index in [1.807, 2.05) is 32.0 Å². The Morgan fingerprint density at radius 2 is 1.81 bits per heavy atom. The van der Waals surface area contributed by atoms with Crippen LogP contribution in [0.3, 0.4) is 0 Å². The van der Waals surface area contributed by atoms with Crippen LogP contribution >= 0.6 is 15.9 Å². The van der Waals surface area contributed by atoms with Gasteiger partial charge in [-0.05, 0) is 56.3 Å². The van der Waals surface area contributed by atoms with Crippen LogP contribution in [0.1, 0.15) is 29.8 Å². The van der Waals surface area contributed by atoms with E-state index >= 15 is 0 Å². The lowest BCUT2D eigenvalue weighted by Gasteiger charge is -2.12. The Labute approximate surface area is 161 Å². The molecule has 3 amide bonds. The minimum absolute atomic E-state index is 0.0510. The molecule has 0 heterocycles. The van der Waals surface area contributed by atoms with Crippen molar-refractivity contribution in [2.24, 2.45) is 0 Å². The number of amides is 3. The van der Waals surface area contributed by atoms with Gasteiger partial charge in [-0.2, -0.15) is 0 Å². The summed E-state index contributed by atoms with van der Waals surface area (Å²) < 4.78 is 6.21. The molecule has 0 spiro atoms. The lowest BCUT2D eigenvalue weighted by Crippen LogP contribution is -2.34. The van der Waals surface area contributed by atoms with Crippen molar-refractivity contribution in [2.75, 3.05) is 12.4 Å². The average Bonchev–Trinajstić information content (AvgIpc) is 2.59. The molecule has 26 heavy (non-hydrogen) atoms. The maximum atomic E-state index is 12.3. The van der Waals surface area contributed by atoms with Crippen LogP contribution in [0.4, 0.5) is 10.5 Å². The number of carbonyl (C=O) groups excluding carboxylic acids is 2. The van der Waals surface area contributed by atoms with Gasteiger partial charge < -0.3 is 20.7 Å². The van der Waals surface area contributed by atoms with E-state index in [-0.39, 0.29) is 18.0 Å². The summed E-state index contributed by atoms with van der Waals surface area (Å²) in [4.78, 5) is 24.0. The van der Waals surface area contributed by atoms with E-state index in [0.29, 0.717) is 23.5 Å². The molecule has 3 N–H and O–H groups in total. The maximum Gasteiger partial charge on any atom is 0.319 e. The lowest BCUT2D eigenvalue weighted by atomic mass is 10.1. The van der Waals surface area contributed by atoms with Gasteiger partial charge >= 0.3 is 6.03 Å². The fraction of sp³-hybridized carbons (Fsp3) is 0.263. The number of anilines is 1. The number of methoxy groups -OCH3 is 1. The first-order valence-electron chi connectivity index (χ1n) is 8.17. The normalized spacial score (nSPS) is 10.3. The smallest absolute Gasteiger partial charge is 0.319 e. The summed E-state index contributed by atoms with van der Waals surface area (Å²) in [5, 5.41) is 8.32. The van der Waals surface area contributed by atoms with Crippen LogP contribution in [0.25, 0.3) is 0 Å². The van der Waals surface area contributed by atoms with E-state index in [9.17, 15) is 9.59 Å². The quantitative estimate of drug-likeness (QED) is 0.663. The van der Waals surface area contributed by atoms with E-state index < -0.39 is 0 Å². The summed E-state index contributed by atoms with van der Waals surface area (Å²) in [7, 11) is 1.59. The maximum absolute atomic E-state index is 12.3. The molecule has 0 aromatic heterocycles. The monoisotopic (exact) mass is 419 g/mol. The SMILES string of the molecule is COc1ccc(Br)cc1CNC(=O)c1ccc(NC(=O)NC(C)C)cc1. The van der Waals surface area contributed by atoms with Gasteiger partial charge in [0, 0.05) is 33.9 Å². The summed E-state index contributed by atoms with van der Waals surface area (Å²) in [6.07, 6.45) is 0. The van der Waals surface area contributed by atoms with Gasteiger partial charge in [-0.1, -0.05) is 15.9 Å². The predicted octanol–water partition coefficient (Wildman–Crippen LogP) is 3.92. The van der Waals surface area contributed by atoms with Gasteiger partial charge in [0.1, 0.15) is 5.75 Å². The van der Waals surface area contributed by atoms with Crippen LogP contribution in [-0.4, -0.2) is 25.1 Å². The molecule has 0 atom stereocenters. The molecule has 0 radical (unpaired) electrons. The van der Waals surface area contributed by atoms with Crippen LogP contribution in [-0.2, 0) is 6.54 Å². The number of hydrogen-bond donors (Lipinski definition) is 3. The molecule has 7 heteroatoms. The summed E-state index contributed by atoms with van der Waals surface area (Å²) in [6, 6.07) is 12.1. The van der Waals surface area contributed by atoms with E-state index in [1.54, 1.807) is 31.4 Å². The lowest BCUT2D eigenvalue weighted by molar-refractivity contribution is 0.0950. The first kappa shape index (κ1) is 19.8. The Morgan fingerprint density at radius 1 is 1.12 bits per heavy atom. The molecule has 0 fully saturated rings. The first-order chi connectivity index (χ1) is 12.4. The molecule has 2 aromatic rings. The molecule has 0 aliphatic heterocycles. The number of nitrogens with one attached hydrogen (secondary N) is 3. The highest BCUT2D eigenvalue weighted by Crippen LogP contribution is 2.22. The van der Waals surface area contributed by atoms with Crippen molar-refractivity contribution in [3.05, 3.63) is 58.1 Å². The molecule has 2 aromatic carbocycles. The van der Waals surface area contributed by atoms with Gasteiger partial charge in [-0.3, -0.25) is 4.79 Å². The molecule has 2 rings (SSSR count). The Balaban J connectivity index is 1.96. The van der Waals surface area contributed by atoms with E-state index in [4.69, 9.17) is 4.74 Å². The van der Waals surface area contributed by atoms with Gasteiger partial charge in [-0.25, -0.2) is 4.79 Å². The van der Waals surface area contributed by atoms with Crippen molar-refractivity contribution in [1.29, 1.82) is 0 Å². The number of ether oxygens (including phenoxy) is 1. The second-order valence-corrected chi connectivity index (χ2v) is 6.89. The largest absolute Gasteiger partial charge is 0.496 e. The number of rotatable bonds is 6. The highest BCUT2D eigenvalue weighted by Gasteiger charge is 2.09. The Hall–Kier alpha value is -2.54. The molecule has 138 valence electrons. The zero-order chi connectivity index (χ0) is 19.1. The number of halogens is 1. The Morgan fingerprint density at radius 3 is 2.42 bits per heavy atom.